The lowest BCUT2D eigenvalue weighted by Gasteiger charge is -2.36. The highest BCUT2D eigenvalue weighted by atomic mass is 32.2. The second kappa shape index (κ2) is 9.36. The van der Waals surface area contributed by atoms with Gasteiger partial charge in [0.15, 0.2) is 0 Å². The molecule has 3 aromatic carbocycles. The fourth-order valence-corrected chi connectivity index (χ4v) is 6.48. The SMILES string of the molecule is COc1ccccc1N1CCN(S(=O)(=O)c2ccc3c(c2)C[C@H](C)N3C(=O)c2ccccc2)CC1. The predicted molar refractivity (Wildman–Crippen MR) is 137 cm³/mol. The Hall–Kier alpha value is -3.36. The van der Waals surface area contributed by atoms with E-state index in [1.54, 1.807) is 46.6 Å². The summed E-state index contributed by atoms with van der Waals surface area (Å²) in [6.45, 7) is 3.95. The van der Waals surface area contributed by atoms with Crippen molar-refractivity contribution in [3.63, 3.8) is 0 Å². The topological polar surface area (TPSA) is 70.2 Å². The zero-order valence-electron chi connectivity index (χ0n) is 19.9. The van der Waals surface area contributed by atoms with Crippen molar-refractivity contribution in [3.8, 4) is 5.75 Å². The van der Waals surface area contributed by atoms with Crippen LogP contribution in [0.25, 0.3) is 0 Å². The third-order valence-electron chi connectivity index (χ3n) is 6.81. The molecule has 0 unspecified atom stereocenters. The first kappa shape index (κ1) is 23.4. The molecule has 5 rings (SSSR count). The van der Waals surface area contributed by atoms with Crippen molar-refractivity contribution >= 4 is 27.3 Å². The van der Waals surface area contributed by atoms with Crippen LogP contribution in [0.15, 0.2) is 77.7 Å². The molecule has 35 heavy (non-hydrogen) atoms. The molecule has 7 nitrogen and oxygen atoms in total. The van der Waals surface area contributed by atoms with Crippen LogP contribution in [0.5, 0.6) is 5.75 Å². The van der Waals surface area contributed by atoms with Gasteiger partial charge in [-0.05, 0) is 61.4 Å². The number of para-hydroxylation sites is 2. The third-order valence-corrected chi connectivity index (χ3v) is 8.70. The fraction of sp³-hybridized carbons (Fsp3) is 0.296. The summed E-state index contributed by atoms with van der Waals surface area (Å²) in [5.41, 5.74) is 3.26. The van der Waals surface area contributed by atoms with Crippen LogP contribution in [0.4, 0.5) is 11.4 Å². The maximum absolute atomic E-state index is 13.5. The van der Waals surface area contributed by atoms with Crippen LogP contribution >= 0.6 is 0 Å². The largest absolute Gasteiger partial charge is 0.495 e. The van der Waals surface area contributed by atoms with Crippen molar-refractivity contribution in [1.29, 1.82) is 0 Å². The molecule has 2 heterocycles. The van der Waals surface area contributed by atoms with Gasteiger partial charge in [-0.2, -0.15) is 4.31 Å². The number of methoxy groups -OCH3 is 1. The molecule has 2 aliphatic rings. The summed E-state index contributed by atoms with van der Waals surface area (Å²) in [5, 5.41) is 0. The van der Waals surface area contributed by atoms with Crippen molar-refractivity contribution < 1.29 is 17.9 Å². The molecule has 0 N–H and O–H groups in total. The molecule has 0 aliphatic carbocycles. The second-order valence-electron chi connectivity index (χ2n) is 8.95. The lowest BCUT2D eigenvalue weighted by Crippen LogP contribution is -2.48. The van der Waals surface area contributed by atoms with Gasteiger partial charge in [0.2, 0.25) is 10.0 Å². The van der Waals surface area contributed by atoms with Crippen molar-refractivity contribution in [2.45, 2.75) is 24.3 Å². The van der Waals surface area contributed by atoms with Gasteiger partial charge in [0.25, 0.3) is 5.91 Å². The van der Waals surface area contributed by atoms with E-state index in [0.717, 1.165) is 22.7 Å². The van der Waals surface area contributed by atoms with Gasteiger partial charge in [0.05, 0.1) is 17.7 Å². The number of hydrogen-bond acceptors (Lipinski definition) is 5. The summed E-state index contributed by atoms with van der Waals surface area (Å²) in [7, 11) is -2.00. The zero-order valence-corrected chi connectivity index (χ0v) is 20.7. The maximum atomic E-state index is 13.5. The van der Waals surface area contributed by atoms with Gasteiger partial charge in [-0.1, -0.05) is 30.3 Å². The Morgan fingerprint density at radius 3 is 2.29 bits per heavy atom. The molecule has 0 aromatic heterocycles. The summed E-state index contributed by atoms with van der Waals surface area (Å²) >= 11 is 0. The van der Waals surface area contributed by atoms with Gasteiger partial charge in [-0.25, -0.2) is 8.42 Å². The summed E-state index contributed by atoms with van der Waals surface area (Å²) in [6, 6.07) is 22.1. The maximum Gasteiger partial charge on any atom is 0.258 e. The number of sulfonamides is 1. The van der Waals surface area contributed by atoms with Crippen molar-refractivity contribution in [3.05, 3.63) is 83.9 Å². The molecule has 1 fully saturated rings. The molecule has 0 bridgehead atoms. The fourth-order valence-electron chi connectivity index (χ4n) is 5.01. The minimum atomic E-state index is -3.64. The molecule has 2 aliphatic heterocycles. The van der Waals surface area contributed by atoms with Crippen LogP contribution in [0.3, 0.4) is 0 Å². The van der Waals surface area contributed by atoms with Crippen molar-refractivity contribution in [2.75, 3.05) is 43.1 Å². The van der Waals surface area contributed by atoms with E-state index >= 15 is 0 Å². The summed E-state index contributed by atoms with van der Waals surface area (Å²) in [6.07, 6.45) is 0.624. The van der Waals surface area contributed by atoms with E-state index in [1.807, 2.05) is 49.4 Å². The van der Waals surface area contributed by atoms with Crippen LogP contribution in [0.1, 0.15) is 22.8 Å². The van der Waals surface area contributed by atoms with Gasteiger partial charge < -0.3 is 14.5 Å². The number of anilines is 2. The molecule has 3 aromatic rings. The van der Waals surface area contributed by atoms with Gasteiger partial charge in [0.1, 0.15) is 5.75 Å². The summed E-state index contributed by atoms with van der Waals surface area (Å²) in [4.78, 5) is 17.3. The Bertz CT molecular complexity index is 1340. The van der Waals surface area contributed by atoms with E-state index < -0.39 is 10.0 Å². The smallest absolute Gasteiger partial charge is 0.258 e. The van der Waals surface area contributed by atoms with E-state index in [4.69, 9.17) is 4.74 Å². The minimum absolute atomic E-state index is 0.0416. The molecule has 182 valence electrons. The van der Waals surface area contributed by atoms with E-state index in [1.165, 1.54) is 0 Å². The number of amides is 1. The number of piperazine rings is 1. The third kappa shape index (κ3) is 4.28. The van der Waals surface area contributed by atoms with E-state index in [-0.39, 0.29) is 16.8 Å². The Balaban J connectivity index is 1.34. The molecule has 0 saturated carbocycles. The quantitative estimate of drug-likeness (QED) is 0.543. The second-order valence-corrected chi connectivity index (χ2v) is 10.9. The highest BCUT2D eigenvalue weighted by molar-refractivity contribution is 7.89. The number of fused-ring (bicyclic) bond motifs is 1. The Kier molecular flexibility index (Phi) is 6.25. The molecular formula is C27H29N3O4S. The first-order chi connectivity index (χ1) is 16.9. The lowest BCUT2D eigenvalue weighted by molar-refractivity contribution is 0.0981. The molecule has 0 radical (unpaired) electrons. The lowest BCUT2D eigenvalue weighted by atomic mass is 10.1. The van der Waals surface area contributed by atoms with Crippen LogP contribution in [-0.4, -0.2) is 58.0 Å². The zero-order chi connectivity index (χ0) is 24.6. The Labute approximate surface area is 206 Å². The van der Waals surface area contributed by atoms with Crippen LogP contribution in [0.2, 0.25) is 0 Å². The number of rotatable bonds is 5. The Morgan fingerprint density at radius 1 is 0.886 bits per heavy atom. The predicted octanol–water partition coefficient (Wildman–Crippen LogP) is 3.80. The molecule has 8 heteroatoms. The van der Waals surface area contributed by atoms with E-state index in [2.05, 4.69) is 4.90 Å². The number of hydrogen-bond donors (Lipinski definition) is 0. The average Bonchev–Trinajstić information content (AvgIpc) is 3.23. The number of ether oxygens (including phenoxy) is 1. The highest BCUT2D eigenvalue weighted by Crippen LogP contribution is 2.36. The minimum Gasteiger partial charge on any atom is -0.495 e. The summed E-state index contributed by atoms with van der Waals surface area (Å²) < 4.78 is 34.0. The van der Waals surface area contributed by atoms with Crippen LogP contribution in [-0.2, 0) is 16.4 Å². The van der Waals surface area contributed by atoms with Gasteiger partial charge in [0, 0.05) is 43.5 Å². The van der Waals surface area contributed by atoms with Gasteiger partial charge in [-0.15, -0.1) is 0 Å². The van der Waals surface area contributed by atoms with Crippen molar-refractivity contribution in [2.24, 2.45) is 0 Å². The first-order valence-electron chi connectivity index (χ1n) is 11.8. The monoisotopic (exact) mass is 491 g/mol. The van der Waals surface area contributed by atoms with E-state index in [0.29, 0.717) is 38.2 Å². The Morgan fingerprint density at radius 2 is 1.57 bits per heavy atom. The van der Waals surface area contributed by atoms with E-state index in [9.17, 15) is 13.2 Å². The molecular weight excluding hydrogens is 462 g/mol. The number of benzene rings is 3. The highest BCUT2D eigenvalue weighted by Gasteiger charge is 2.34. The number of carbonyl (C=O) groups excluding carboxylic acids is 1. The molecule has 1 atom stereocenters. The van der Waals surface area contributed by atoms with Crippen LogP contribution in [0, 0.1) is 0 Å². The molecule has 0 spiro atoms. The number of nitrogens with zero attached hydrogens (tertiary/aromatic N) is 3. The molecule has 1 amide bonds. The number of carbonyl (C=O) groups is 1. The summed E-state index contributed by atoms with van der Waals surface area (Å²) in [5.74, 6) is 0.714. The standard InChI is InChI=1S/C27H29N3O4S/c1-20-18-22-19-23(12-13-24(22)30(20)27(31)21-8-4-3-5-9-21)35(32,33)29-16-14-28(15-17-29)25-10-6-7-11-26(25)34-2/h3-13,19-20H,14-18H2,1-2H3/t20-/m0/s1. The first-order valence-corrected chi connectivity index (χ1v) is 13.2. The van der Waals surface area contributed by atoms with Crippen molar-refractivity contribution in [1.82, 2.24) is 4.31 Å². The normalized spacial score (nSPS) is 18.4. The van der Waals surface area contributed by atoms with Gasteiger partial charge >= 0.3 is 0 Å². The van der Waals surface area contributed by atoms with Gasteiger partial charge in [-0.3, -0.25) is 4.79 Å². The molecule has 1 saturated heterocycles. The average molecular weight is 492 g/mol. The van der Waals surface area contributed by atoms with Crippen LogP contribution < -0.4 is 14.5 Å².